The number of nitrogens with one attached hydrogen (secondary N) is 3. The zero-order valence-electron chi connectivity index (χ0n) is 20.5. The Balaban J connectivity index is 1.48. The molecule has 0 radical (unpaired) electrons. The van der Waals surface area contributed by atoms with Crippen LogP contribution in [0.2, 0.25) is 0 Å². The number of rotatable bonds is 9. The van der Waals surface area contributed by atoms with Crippen molar-refractivity contribution in [1.82, 2.24) is 4.72 Å². The van der Waals surface area contributed by atoms with Crippen LogP contribution in [0.25, 0.3) is 22.1 Å². The van der Waals surface area contributed by atoms with Gasteiger partial charge in [-0.25, -0.2) is 8.42 Å². The minimum atomic E-state index is -3.97. The zero-order valence-corrected chi connectivity index (χ0v) is 21.3. The Kier molecular flexibility index (Phi) is 7.33. The summed E-state index contributed by atoms with van der Waals surface area (Å²) in [4.78, 5) is 24.1. The Morgan fingerprint density at radius 3 is 2.16 bits per heavy atom. The number of anilines is 2. The summed E-state index contributed by atoms with van der Waals surface area (Å²) in [6.45, 7) is 3.43. The van der Waals surface area contributed by atoms with Crippen LogP contribution in [0.1, 0.15) is 29.5 Å². The number of hydrogen-bond donors (Lipinski definition) is 4. The molecule has 9 nitrogen and oxygen atoms in total. The Morgan fingerprint density at radius 2 is 1.59 bits per heavy atom. The van der Waals surface area contributed by atoms with Gasteiger partial charge in [0.15, 0.2) is 5.76 Å². The molecular formula is C27H27N3O6S. The van der Waals surface area contributed by atoms with Gasteiger partial charge in [-0.05, 0) is 60.9 Å². The van der Waals surface area contributed by atoms with Crippen molar-refractivity contribution < 1.29 is 27.5 Å². The third-order valence-electron chi connectivity index (χ3n) is 6.07. The van der Waals surface area contributed by atoms with E-state index in [0.717, 1.165) is 27.8 Å². The highest BCUT2D eigenvalue weighted by atomic mass is 32.2. The molecule has 10 heteroatoms. The quantitative estimate of drug-likeness (QED) is 0.247. The first kappa shape index (κ1) is 25.9. The van der Waals surface area contributed by atoms with E-state index < -0.39 is 22.0 Å². The number of carbonyl (C=O) groups is 2. The third kappa shape index (κ3) is 5.35. The summed E-state index contributed by atoms with van der Waals surface area (Å²) < 4.78 is 33.0. The van der Waals surface area contributed by atoms with Crippen LogP contribution in [0.5, 0.6) is 0 Å². The van der Waals surface area contributed by atoms with Gasteiger partial charge in [-0.1, -0.05) is 37.3 Å². The van der Waals surface area contributed by atoms with Gasteiger partial charge in [-0.15, -0.1) is 0 Å². The van der Waals surface area contributed by atoms with E-state index in [2.05, 4.69) is 15.4 Å². The van der Waals surface area contributed by atoms with Gasteiger partial charge < -0.3 is 20.2 Å². The molecule has 1 heterocycles. The van der Waals surface area contributed by atoms with Crippen molar-refractivity contribution in [2.45, 2.75) is 31.2 Å². The van der Waals surface area contributed by atoms with Crippen molar-refractivity contribution in [3.8, 4) is 11.1 Å². The van der Waals surface area contributed by atoms with Gasteiger partial charge >= 0.3 is 5.97 Å². The van der Waals surface area contributed by atoms with Gasteiger partial charge in [-0.3, -0.25) is 9.59 Å². The Hall–Kier alpha value is -4.15. The molecule has 1 atom stereocenters. The van der Waals surface area contributed by atoms with Gasteiger partial charge in [0.1, 0.15) is 11.6 Å². The zero-order chi connectivity index (χ0) is 26.7. The number of hydrogen-bond acceptors (Lipinski definition) is 6. The van der Waals surface area contributed by atoms with Crippen molar-refractivity contribution in [2.75, 3.05) is 17.7 Å². The summed E-state index contributed by atoms with van der Waals surface area (Å²) in [5, 5.41) is 15.9. The highest BCUT2D eigenvalue weighted by Crippen LogP contribution is 2.32. The molecule has 0 bridgehead atoms. The Morgan fingerprint density at radius 1 is 0.973 bits per heavy atom. The van der Waals surface area contributed by atoms with Crippen molar-refractivity contribution in [3.63, 3.8) is 0 Å². The molecule has 0 saturated heterocycles. The molecule has 4 N–H and O–H groups in total. The summed E-state index contributed by atoms with van der Waals surface area (Å²) in [7, 11) is -2.16. The number of fused-ring (bicyclic) bond motifs is 1. The average molecular weight is 522 g/mol. The standard InChI is InChI=1S/C27H27N3O6S/c1-4-21(27(32)33)30-37(34,35)20-14-10-18(11-15-20)17-8-12-19(13-9-17)29-26(31)25-16(2)24-22(28-3)6-5-7-23(24)36-25/h5-15,21,28,30H,4H2,1-3H3,(H,29,31)(H,32,33). The highest BCUT2D eigenvalue weighted by Gasteiger charge is 2.24. The van der Waals surface area contributed by atoms with E-state index in [1.54, 1.807) is 43.3 Å². The second-order valence-corrected chi connectivity index (χ2v) is 10.2. The number of benzene rings is 3. The number of amides is 1. The maximum Gasteiger partial charge on any atom is 0.321 e. The lowest BCUT2D eigenvalue weighted by molar-refractivity contribution is -0.139. The monoisotopic (exact) mass is 521 g/mol. The van der Waals surface area contributed by atoms with Crippen LogP contribution >= 0.6 is 0 Å². The third-order valence-corrected chi connectivity index (χ3v) is 7.56. The summed E-state index contributed by atoms with van der Waals surface area (Å²) in [5.74, 6) is -1.36. The second kappa shape index (κ2) is 10.5. The van der Waals surface area contributed by atoms with Crippen molar-refractivity contribution in [1.29, 1.82) is 0 Å². The number of aliphatic carboxylic acids is 1. The molecule has 1 aromatic heterocycles. The van der Waals surface area contributed by atoms with Crippen LogP contribution < -0.4 is 15.4 Å². The lowest BCUT2D eigenvalue weighted by atomic mass is 10.1. The van der Waals surface area contributed by atoms with E-state index in [1.165, 1.54) is 12.1 Å². The lowest BCUT2D eigenvalue weighted by Gasteiger charge is -2.13. The molecule has 4 aromatic rings. The summed E-state index contributed by atoms with van der Waals surface area (Å²) in [6.07, 6.45) is 0.127. The molecule has 1 amide bonds. The normalized spacial score (nSPS) is 12.3. The molecule has 0 aliphatic rings. The minimum Gasteiger partial charge on any atom is -0.480 e. The molecule has 0 aliphatic heterocycles. The van der Waals surface area contributed by atoms with Crippen LogP contribution in [0.3, 0.4) is 0 Å². The van der Waals surface area contributed by atoms with Crippen molar-refractivity contribution >= 4 is 44.2 Å². The van der Waals surface area contributed by atoms with Crippen LogP contribution in [-0.2, 0) is 14.8 Å². The van der Waals surface area contributed by atoms with Gasteiger partial charge in [0.05, 0.1) is 4.90 Å². The summed E-state index contributed by atoms with van der Waals surface area (Å²) in [5.41, 5.74) is 4.39. The first-order valence-electron chi connectivity index (χ1n) is 11.6. The van der Waals surface area contributed by atoms with Crippen molar-refractivity contribution in [3.05, 3.63) is 78.1 Å². The van der Waals surface area contributed by atoms with Crippen LogP contribution in [-0.4, -0.2) is 38.5 Å². The molecule has 1 unspecified atom stereocenters. The van der Waals surface area contributed by atoms with Gasteiger partial charge in [0.2, 0.25) is 10.0 Å². The molecule has 192 valence electrons. The number of carboxylic acid groups (broad SMARTS) is 1. The Bertz CT molecular complexity index is 1560. The molecule has 0 saturated carbocycles. The van der Waals surface area contributed by atoms with E-state index in [-0.39, 0.29) is 23.0 Å². The topological polar surface area (TPSA) is 138 Å². The number of sulfonamides is 1. The van der Waals surface area contributed by atoms with Crippen LogP contribution in [0, 0.1) is 6.92 Å². The molecular weight excluding hydrogens is 494 g/mol. The van der Waals surface area contributed by atoms with E-state index in [0.29, 0.717) is 11.3 Å². The maximum absolute atomic E-state index is 12.9. The number of furan rings is 1. The van der Waals surface area contributed by atoms with E-state index in [1.807, 2.05) is 32.2 Å². The lowest BCUT2D eigenvalue weighted by Crippen LogP contribution is -2.40. The fraction of sp³-hybridized carbons (Fsp3) is 0.185. The first-order chi connectivity index (χ1) is 17.6. The predicted octanol–water partition coefficient (Wildman–Crippen LogP) is 4.84. The molecule has 3 aromatic carbocycles. The first-order valence-corrected chi connectivity index (χ1v) is 13.1. The minimum absolute atomic E-state index is 0.0255. The Labute approximate surface area is 214 Å². The summed E-state index contributed by atoms with van der Waals surface area (Å²) in [6, 6.07) is 17.6. The molecule has 0 aliphatic carbocycles. The molecule has 0 fully saturated rings. The number of carbonyl (C=O) groups excluding carboxylic acids is 1. The largest absolute Gasteiger partial charge is 0.480 e. The SMILES string of the molecule is CCC(NS(=O)(=O)c1ccc(-c2ccc(NC(=O)c3oc4cccc(NC)c4c3C)cc2)cc1)C(=O)O. The maximum atomic E-state index is 12.9. The molecule has 4 rings (SSSR count). The number of aryl methyl sites for hydroxylation is 1. The second-order valence-electron chi connectivity index (χ2n) is 8.46. The van der Waals surface area contributed by atoms with Gasteiger partial charge in [0.25, 0.3) is 5.91 Å². The van der Waals surface area contributed by atoms with Crippen LogP contribution in [0.4, 0.5) is 11.4 Å². The molecule has 0 spiro atoms. The fourth-order valence-electron chi connectivity index (χ4n) is 4.05. The highest BCUT2D eigenvalue weighted by molar-refractivity contribution is 7.89. The average Bonchev–Trinajstić information content (AvgIpc) is 3.24. The van der Waals surface area contributed by atoms with E-state index in [4.69, 9.17) is 9.52 Å². The van der Waals surface area contributed by atoms with Gasteiger partial charge in [-0.2, -0.15) is 4.72 Å². The summed E-state index contributed by atoms with van der Waals surface area (Å²) >= 11 is 0. The van der Waals surface area contributed by atoms with Crippen LogP contribution in [0.15, 0.2) is 76.0 Å². The van der Waals surface area contributed by atoms with E-state index in [9.17, 15) is 18.0 Å². The smallest absolute Gasteiger partial charge is 0.321 e. The number of carboxylic acids is 1. The predicted molar refractivity (Wildman–Crippen MR) is 142 cm³/mol. The fourth-order valence-corrected chi connectivity index (χ4v) is 5.32. The van der Waals surface area contributed by atoms with E-state index >= 15 is 0 Å². The van der Waals surface area contributed by atoms with Crippen molar-refractivity contribution in [2.24, 2.45) is 0 Å². The molecule has 37 heavy (non-hydrogen) atoms. The van der Waals surface area contributed by atoms with Gasteiger partial charge in [0, 0.05) is 29.4 Å².